The summed E-state index contributed by atoms with van der Waals surface area (Å²) in [5, 5.41) is 2.02. The third-order valence-electron chi connectivity index (χ3n) is 5.32. The number of thiocarbonyl (C=S) groups is 1. The molecular formula is C26H18N2O2S2. The number of aryl methyl sites for hydroxylation is 1. The zero-order valence-electron chi connectivity index (χ0n) is 17.2. The van der Waals surface area contributed by atoms with E-state index in [2.05, 4.69) is 0 Å². The number of fused-ring (bicyclic) bond motifs is 1. The van der Waals surface area contributed by atoms with Crippen molar-refractivity contribution in [1.82, 2.24) is 0 Å². The summed E-state index contributed by atoms with van der Waals surface area (Å²) in [5.41, 5.74) is 1.35. The van der Waals surface area contributed by atoms with Crippen LogP contribution >= 0.6 is 23.6 Å². The summed E-state index contributed by atoms with van der Waals surface area (Å²) in [5.74, 6) is -0.844. The molecule has 32 heavy (non-hydrogen) atoms. The molecule has 1 aliphatic rings. The van der Waals surface area contributed by atoms with Gasteiger partial charge in [-0.1, -0.05) is 54.6 Å². The number of amides is 2. The summed E-state index contributed by atoms with van der Waals surface area (Å²) in [6, 6.07) is 26.6. The number of thiophene rings is 1. The molecular weight excluding hydrogens is 436 g/mol. The Kier molecular flexibility index (Phi) is 5.17. The van der Waals surface area contributed by atoms with E-state index in [1.165, 1.54) is 21.1 Å². The third-order valence-corrected chi connectivity index (χ3v) is 6.63. The highest BCUT2D eigenvalue weighted by atomic mass is 32.1. The van der Waals surface area contributed by atoms with E-state index < -0.39 is 11.8 Å². The number of carbonyl (C=O) groups excluding carboxylic acids is 2. The molecule has 156 valence electrons. The van der Waals surface area contributed by atoms with Gasteiger partial charge in [0.1, 0.15) is 5.57 Å². The molecule has 4 nitrogen and oxygen atoms in total. The molecule has 0 spiro atoms. The molecule has 0 bridgehead atoms. The molecule has 5 rings (SSSR count). The third kappa shape index (κ3) is 3.43. The van der Waals surface area contributed by atoms with Gasteiger partial charge in [-0.2, -0.15) is 0 Å². The lowest BCUT2D eigenvalue weighted by molar-refractivity contribution is -0.120. The highest BCUT2D eigenvalue weighted by Crippen LogP contribution is 2.34. The van der Waals surface area contributed by atoms with Crippen molar-refractivity contribution in [3.05, 3.63) is 100 Å². The van der Waals surface area contributed by atoms with Gasteiger partial charge >= 0.3 is 0 Å². The van der Waals surface area contributed by atoms with E-state index >= 15 is 0 Å². The number of hydrogen-bond acceptors (Lipinski definition) is 4. The van der Waals surface area contributed by atoms with Crippen LogP contribution in [0.5, 0.6) is 0 Å². The highest BCUT2D eigenvalue weighted by molar-refractivity contribution is 7.81. The SMILES string of the molecule is Cc1ccc(/C=C2/C(=O)N(c3ccccc3)C(=S)N(c3cccc4ccccc34)C2=O)s1. The molecule has 1 aromatic heterocycles. The summed E-state index contributed by atoms with van der Waals surface area (Å²) in [6.45, 7) is 1.99. The van der Waals surface area contributed by atoms with Crippen molar-refractivity contribution >= 4 is 68.7 Å². The second-order valence-corrected chi connectivity index (χ2v) is 9.09. The van der Waals surface area contributed by atoms with Gasteiger partial charge in [-0.15, -0.1) is 11.3 Å². The zero-order valence-corrected chi connectivity index (χ0v) is 18.8. The van der Waals surface area contributed by atoms with Crippen LogP contribution in [0.2, 0.25) is 0 Å². The number of anilines is 2. The fraction of sp³-hybridized carbons (Fsp3) is 0.0385. The average molecular weight is 455 g/mol. The zero-order chi connectivity index (χ0) is 22.2. The fourth-order valence-electron chi connectivity index (χ4n) is 3.82. The largest absolute Gasteiger partial charge is 0.270 e. The first-order valence-electron chi connectivity index (χ1n) is 10.1. The summed E-state index contributed by atoms with van der Waals surface area (Å²) < 4.78 is 0. The Bertz CT molecular complexity index is 1400. The number of rotatable bonds is 3. The van der Waals surface area contributed by atoms with Crippen LogP contribution in [0.15, 0.2) is 90.5 Å². The highest BCUT2D eigenvalue weighted by Gasteiger charge is 2.41. The van der Waals surface area contributed by atoms with Gasteiger partial charge in [-0.05, 0) is 60.9 Å². The number of benzene rings is 3. The lowest BCUT2D eigenvalue weighted by Gasteiger charge is -2.37. The molecule has 3 aromatic carbocycles. The molecule has 0 radical (unpaired) electrons. The molecule has 2 amide bonds. The predicted molar refractivity (Wildman–Crippen MR) is 135 cm³/mol. The van der Waals surface area contributed by atoms with Crippen LogP contribution in [-0.4, -0.2) is 16.9 Å². The van der Waals surface area contributed by atoms with E-state index in [4.69, 9.17) is 12.2 Å². The Hall–Kier alpha value is -3.61. The van der Waals surface area contributed by atoms with Crippen LogP contribution < -0.4 is 9.80 Å². The summed E-state index contributed by atoms with van der Waals surface area (Å²) >= 11 is 7.27. The Morgan fingerprint density at radius 2 is 1.47 bits per heavy atom. The van der Waals surface area contributed by atoms with E-state index in [-0.39, 0.29) is 10.7 Å². The maximum atomic E-state index is 13.7. The van der Waals surface area contributed by atoms with Crippen LogP contribution in [0.25, 0.3) is 16.8 Å². The summed E-state index contributed by atoms with van der Waals surface area (Å²) in [7, 11) is 0. The normalized spacial score (nSPS) is 15.8. The maximum absolute atomic E-state index is 13.7. The van der Waals surface area contributed by atoms with Crippen molar-refractivity contribution in [3.8, 4) is 0 Å². The van der Waals surface area contributed by atoms with Gasteiger partial charge in [-0.3, -0.25) is 19.4 Å². The Morgan fingerprint density at radius 1 is 0.781 bits per heavy atom. The van der Waals surface area contributed by atoms with E-state index in [1.54, 1.807) is 6.08 Å². The van der Waals surface area contributed by atoms with Gasteiger partial charge in [0.2, 0.25) is 0 Å². The predicted octanol–water partition coefficient (Wildman–Crippen LogP) is 5.96. The fourth-order valence-corrected chi connectivity index (χ4v) is 5.01. The molecule has 1 fully saturated rings. The first-order valence-corrected chi connectivity index (χ1v) is 11.3. The standard InChI is InChI=1S/C26H18N2O2S2/c1-17-14-15-20(32-17)16-22-24(29)27(19-10-3-2-4-11-19)26(31)28(25(22)30)23-13-7-9-18-8-5-6-12-21(18)23/h2-16H,1H3/b22-16-. The molecule has 1 saturated heterocycles. The van der Waals surface area contributed by atoms with Crippen LogP contribution in [0, 0.1) is 6.92 Å². The van der Waals surface area contributed by atoms with Crippen molar-refractivity contribution in [2.24, 2.45) is 0 Å². The Balaban J connectivity index is 1.72. The first-order chi connectivity index (χ1) is 15.5. The maximum Gasteiger partial charge on any atom is 0.270 e. The van der Waals surface area contributed by atoms with Gasteiger partial charge in [0, 0.05) is 15.1 Å². The number of hydrogen-bond donors (Lipinski definition) is 0. The minimum Gasteiger partial charge on any atom is -0.268 e. The Labute approximate surface area is 195 Å². The van der Waals surface area contributed by atoms with E-state index in [0.717, 1.165) is 20.5 Å². The van der Waals surface area contributed by atoms with Crippen LogP contribution in [-0.2, 0) is 9.59 Å². The van der Waals surface area contributed by atoms with Gasteiger partial charge < -0.3 is 0 Å². The lowest BCUT2D eigenvalue weighted by Crippen LogP contribution is -2.57. The smallest absolute Gasteiger partial charge is 0.268 e. The number of nitrogens with zero attached hydrogens (tertiary/aromatic N) is 2. The average Bonchev–Trinajstić information content (AvgIpc) is 3.22. The minimum atomic E-state index is -0.422. The molecule has 1 aliphatic heterocycles. The summed E-state index contributed by atoms with van der Waals surface area (Å²) in [6.07, 6.45) is 1.66. The van der Waals surface area contributed by atoms with Gasteiger partial charge in [-0.25, -0.2) is 0 Å². The van der Waals surface area contributed by atoms with Gasteiger partial charge in [0.15, 0.2) is 5.11 Å². The molecule has 0 N–H and O–H groups in total. The molecule has 0 atom stereocenters. The van der Waals surface area contributed by atoms with Crippen LogP contribution in [0.4, 0.5) is 11.4 Å². The monoisotopic (exact) mass is 454 g/mol. The van der Waals surface area contributed by atoms with Crippen LogP contribution in [0.1, 0.15) is 9.75 Å². The quantitative estimate of drug-likeness (QED) is 0.218. The van der Waals surface area contributed by atoms with E-state index in [0.29, 0.717) is 11.4 Å². The molecule has 2 heterocycles. The Morgan fingerprint density at radius 3 is 2.22 bits per heavy atom. The van der Waals surface area contributed by atoms with Crippen molar-refractivity contribution < 1.29 is 9.59 Å². The summed E-state index contributed by atoms with van der Waals surface area (Å²) in [4.78, 5) is 32.1. The van der Waals surface area contributed by atoms with Crippen molar-refractivity contribution in [2.45, 2.75) is 6.92 Å². The topological polar surface area (TPSA) is 40.6 Å². The van der Waals surface area contributed by atoms with Crippen molar-refractivity contribution in [2.75, 3.05) is 9.80 Å². The molecule has 6 heteroatoms. The molecule has 0 unspecified atom stereocenters. The van der Waals surface area contributed by atoms with Gasteiger partial charge in [0.25, 0.3) is 11.8 Å². The molecule has 0 saturated carbocycles. The first kappa shape index (κ1) is 20.3. The van der Waals surface area contributed by atoms with E-state index in [9.17, 15) is 9.59 Å². The number of para-hydroxylation sites is 1. The van der Waals surface area contributed by atoms with Crippen molar-refractivity contribution in [3.63, 3.8) is 0 Å². The number of carbonyl (C=O) groups is 2. The lowest BCUT2D eigenvalue weighted by atomic mass is 10.0. The second-order valence-electron chi connectivity index (χ2n) is 7.40. The van der Waals surface area contributed by atoms with E-state index in [1.807, 2.05) is 91.9 Å². The molecule has 4 aromatic rings. The minimum absolute atomic E-state index is 0.0808. The molecule has 0 aliphatic carbocycles. The van der Waals surface area contributed by atoms with Gasteiger partial charge in [0.05, 0.1) is 11.4 Å². The second kappa shape index (κ2) is 8.15. The van der Waals surface area contributed by atoms with Crippen LogP contribution in [0.3, 0.4) is 0 Å². The van der Waals surface area contributed by atoms with Crippen molar-refractivity contribution in [1.29, 1.82) is 0 Å².